The minimum absolute atomic E-state index is 0.181. The molecule has 0 radical (unpaired) electrons. The van der Waals surface area contributed by atoms with E-state index in [0.717, 1.165) is 57.1 Å². The number of hydrogen-bond acceptors (Lipinski definition) is 5. The number of nitrogens with zero attached hydrogens (tertiary/aromatic N) is 3. The Bertz CT molecular complexity index is 806. The van der Waals surface area contributed by atoms with Crippen LogP contribution in [0.4, 0.5) is 10.1 Å². The lowest BCUT2D eigenvalue weighted by Gasteiger charge is -2.44. The summed E-state index contributed by atoms with van der Waals surface area (Å²) in [4.78, 5) is 7.44. The van der Waals surface area contributed by atoms with E-state index in [1.54, 1.807) is 7.11 Å². The molecule has 2 aromatic carbocycles. The third kappa shape index (κ3) is 4.82. The summed E-state index contributed by atoms with van der Waals surface area (Å²) in [6.45, 7) is 7.05. The van der Waals surface area contributed by atoms with Crippen molar-refractivity contribution in [3.8, 4) is 11.5 Å². The maximum atomic E-state index is 13.2. The number of methoxy groups -OCH3 is 1. The highest BCUT2D eigenvalue weighted by molar-refractivity contribution is 5.46. The lowest BCUT2D eigenvalue weighted by molar-refractivity contribution is 0.0887. The first-order chi connectivity index (χ1) is 14.1. The normalized spacial score (nSPS) is 21.3. The fourth-order valence-corrected chi connectivity index (χ4v) is 4.56. The molecule has 1 unspecified atom stereocenters. The van der Waals surface area contributed by atoms with Gasteiger partial charge in [-0.15, -0.1) is 0 Å². The molecular formula is C23H30FN3O2. The number of piperazine rings is 1. The first kappa shape index (κ1) is 20.0. The number of aromatic hydroxyl groups is 1. The van der Waals surface area contributed by atoms with Crippen LogP contribution < -0.4 is 9.64 Å². The monoisotopic (exact) mass is 399 g/mol. The van der Waals surface area contributed by atoms with Crippen LogP contribution in [0.2, 0.25) is 0 Å². The molecule has 0 saturated carbocycles. The predicted molar refractivity (Wildman–Crippen MR) is 113 cm³/mol. The highest BCUT2D eigenvalue weighted by Crippen LogP contribution is 2.28. The van der Waals surface area contributed by atoms with Gasteiger partial charge < -0.3 is 14.7 Å². The third-order valence-electron chi connectivity index (χ3n) is 6.15. The van der Waals surface area contributed by atoms with Crippen molar-refractivity contribution < 1.29 is 14.2 Å². The van der Waals surface area contributed by atoms with Crippen LogP contribution >= 0.6 is 0 Å². The van der Waals surface area contributed by atoms with Crippen molar-refractivity contribution in [3.63, 3.8) is 0 Å². The summed E-state index contributed by atoms with van der Waals surface area (Å²) < 4.78 is 18.3. The maximum absolute atomic E-state index is 13.2. The zero-order valence-electron chi connectivity index (χ0n) is 17.1. The summed E-state index contributed by atoms with van der Waals surface area (Å²) in [5.41, 5.74) is 2.22. The lowest BCUT2D eigenvalue weighted by Crippen LogP contribution is -2.55. The number of likely N-dealkylation sites (tertiary alicyclic amines) is 1. The number of piperidine rings is 1. The van der Waals surface area contributed by atoms with E-state index in [2.05, 4.69) is 14.7 Å². The quantitative estimate of drug-likeness (QED) is 0.835. The molecule has 1 atom stereocenters. The summed E-state index contributed by atoms with van der Waals surface area (Å²) >= 11 is 0. The van der Waals surface area contributed by atoms with Gasteiger partial charge in [0.15, 0.2) is 11.5 Å². The number of hydrogen-bond donors (Lipinski definition) is 1. The predicted octanol–water partition coefficient (Wildman–Crippen LogP) is 3.33. The van der Waals surface area contributed by atoms with E-state index >= 15 is 0 Å². The van der Waals surface area contributed by atoms with Crippen molar-refractivity contribution in [3.05, 3.63) is 53.8 Å². The number of phenols is 1. The van der Waals surface area contributed by atoms with Crippen LogP contribution in [-0.2, 0) is 6.54 Å². The summed E-state index contributed by atoms with van der Waals surface area (Å²) in [6, 6.07) is 13.1. The van der Waals surface area contributed by atoms with Crippen molar-refractivity contribution in [1.82, 2.24) is 9.80 Å². The van der Waals surface area contributed by atoms with Crippen LogP contribution in [0.15, 0.2) is 42.5 Å². The van der Waals surface area contributed by atoms with Gasteiger partial charge in [0.25, 0.3) is 0 Å². The van der Waals surface area contributed by atoms with E-state index in [1.165, 1.54) is 25.0 Å². The second-order valence-corrected chi connectivity index (χ2v) is 8.04. The lowest BCUT2D eigenvalue weighted by atomic mass is 10.0. The minimum atomic E-state index is -0.181. The highest BCUT2D eigenvalue weighted by Gasteiger charge is 2.28. The fourth-order valence-electron chi connectivity index (χ4n) is 4.56. The molecule has 6 heteroatoms. The Kier molecular flexibility index (Phi) is 6.21. The van der Waals surface area contributed by atoms with Crippen LogP contribution in [0.25, 0.3) is 0 Å². The van der Waals surface area contributed by atoms with Crippen molar-refractivity contribution in [2.45, 2.75) is 25.4 Å². The Morgan fingerprint density at radius 3 is 2.48 bits per heavy atom. The largest absolute Gasteiger partial charge is 0.504 e. The molecule has 156 valence electrons. The summed E-state index contributed by atoms with van der Waals surface area (Å²) in [5, 5.41) is 10.0. The fraction of sp³-hybridized carbons (Fsp3) is 0.478. The molecule has 29 heavy (non-hydrogen) atoms. The van der Waals surface area contributed by atoms with Gasteiger partial charge >= 0.3 is 0 Å². The molecule has 5 nitrogen and oxygen atoms in total. The van der Waals surface area contributed by atoms with Gasteiger partial charge in [0.1, 0.15) is 5.82 Å². The smallest absolute Gasteiger partial charge is 0.160 e. The number of rotatable bonds is 5. The van der Waals surface area contributed by atoms with E-state index in [4.69, 9.17) is 4.74 Å². The molecule has 2 aliphatic rings. The van der Waals surface area contributed by atoms with Crippen molar-refractivity contribution in [2.24, 2.45) is 0 Å². The molecule has 2 aliphatic heterocycles. The highest BCUT2D eigenvalue weighted by atomic mass is 19.1. The average Bonchev–Trinajstić information content (AvgIpc) is 2.75. The molecule has 0 aliphatic carbocycles. The number of ether oxygens (including phenoxy) is 1. The van der Waals surface area contributed by atoms with Gasteiger partial charge in [0, 0.05) is 51.0 Å². The van der Waals surface area contributed by atoms with Crippen LogP contribution in [0.3, 0.4) is 0 Å². The Morgan fingerprint density at radius 1 is 1.03 bits per heavy atom. The Hall–Kier alpha value is -2.31. The summed E-state index contributed by atoms with van der Waals surface area (Å²) in [6.07, 6.45) is 2.44. The summed E-state index contributed by atoms with van der Waals surface area (Å²) in [5.74, 6) is 0.541. The van der Waals surface area contributed by atoms with Gasteiger partial charge in [-0.1, -0.05) is 6.07 Å². The average molecular weight is 400 g/mol. The van der Waals surface area contributed by atoms with Gasteiger partial charge in [0.2, 0.25) is 0 Å². The molecule has 0 bridgehead atoms. The molecule has 0 spiro atoms. The standard InChI is InChI=1S/C23H30FN3O2/c1-29-23-9-4-18(15-22(23)28)16-25-10-2-3-21(17-25)27-13-11-26(12-14-27)20-7-5-19(24)6-8-20/h4-9,15,21,28H,2-3,10-14,16-17H2,1H3. The molecule has 2 saturated heterocycles. The second-order valence-electron chi connectivity index (χ2n) is 8.04. The SMILES string of the molecule is COc1ccc(CN2CCCC(N3CCN(c4ccc(F)cc4)CC3)C2)cc1O. The zero-order valence-corrected chi connectivity index (χ0v) is 17.1. The van der Waals surface area contributed by atoms with Gasteiger partial charge in [-0.2, -0.15) is 0 Å². The first-order valence-electron chi connectivity index (χ1n) is 10.4. The third-order valence-corrected chi connectivity index (χ3v) is 6.15. The number of anilines is 1. The van der Waals surface area contributed by atoms with Gasteiger partial charge in [-0.3, -0.25) is 9.80 Å². The van der Waals surface area contributed by atoms with Gasteiger partial charge in [-0.25, -0.2) is 4.39 Å². The van der Waals surface area contributed by atoms with Gasteiger partial charge in [0.05, 0.1) is 7.11 Å². The van der Waals surface area contributed by atoms with Crippen molar-refractivity contribution in [1.29, 1.82) is 0 Å². The van der Waals surface area contributed by atoms with Crippen LogP contribution in [0.5, 0.6) is 11.5 Å². The van der Waals surface area contributed by atoms with Crippen LogP contribution in [0, 0.1) is 5.82 Å². The zero-order chi connectivity index (χ0) is 20.2. The minimum Gasteiger partial charge on any atom is -0.504 e. The molecule has 2 fully saturated rings. The number of benzene rings is 2. The van der Waals surface area contributed by atoms with Crippen molar-refractivity contribution >= 4 is 5.69 Å². The maximum Gasteiger partial charge on any atom is 0.160 e. The topological polar surface area (TPSA) is 39.2 Å². The molecule has 0 aromatic heterocycles. The van der Waals surface area contributed by atoms with Crippen LogP contribution in [-0.4, -0.2) is 67.3 Å². The van der Waals surface area contributed by atoms with E-state index in [9.17, 15) is 9.50 Å². The molecule has 2 heterocycles. The molecule has 4 rings (SSSR count). The number of halogens is 1. The van der Waals surface area contributed by atoms with Gasteiger partial charge in [-0.05, 0) is 61.3 Å². The summed E-state index contributed by atoms with van der Waals surface area (Å²) in [7, 11) is 1.57. The molecule has 0 amide bonds. The molecular weight excluding hydrogens is 369 g/mol. The molecule has 2 aromatic rings. The second kappa shape index (κ2) is 9.01. The van der Waals surface area contributed by atoms with E-state index in [0.29, 0.717) is 11.8 Å². The van der Waals surface area contributed by atoms with Crippen molar-refractivity contribution in [2.75, 3.05) is 51.3 Å². The Balaban J connectivity index is 1.31. The first-order valence-corrected chi connectivity index (χ1v) is 10.4. The van der Waals surface area contributed by atoms with E-state index in [-0.39, 0.29) is 11.6 Å². The number of phenolic OH excluding ortho intramolecular Hbond substituents is 1. The Labute approximate surface area is 172 Å². The van der Waals surface area contributed by atoms with E-state index < -0.39 is 0 Å². The molecule has 1 N–H and O–H groups in total. The van der Waals surface area contributed by atoms with Crippen LogP contribution in [0.1, 0.15) is 18.4 Å². The Morgan fingerprint density at radius 2 is 1.79 bits per heavy atom. The van der Waals surface area contributed by atoms with E-state index in [1.807, 2.05) is 30.3 Å².